The average Bonchev–Trinajstić information content (AvgIpc) is 2.48. The minimum Gasteiger partial charge on any atom is -0.465 e. The lowest BCUT2D eigenvalue weighted by Gasteiger charge is -2.11. The van der Waals surface area contributed by atoms with Gasteiger partial charge in [-0.25, -0.2) is 30.8 Å². The predicted molar refractivity (Wildman–Crippen MR) is 74.9 cm³/mol. The Kier molecular flexibility index (Phi) is 4.78. The summed E-state index contributed by atoms with van der Waals surface area (Å²) in [4.78, 5) is 10.5. The van der Waals surface area contributed by atoms with Crippen LogP contribution in [0, 0.1) is 23.3 Å². The van der Waals surface area contributed by atoms with E-state index in [2.05, 4.69) is 4.74 Å². The van der Waals surface area contributed by atoms with E-state index in [1.807, 2.05) is 0 Å². The maximum Gasteiger partial charge on any atom is 0.340 e. The number of benzene rings is 2. The van der Waals surface area contributed by atoms with Crippen molar-refractivity contribution in [2.24, 2.45) is 0 Å². The monoisotopic (exact) mass is 363 g/mol. The van der Waals surface area contributed by atoms with E-state index in [0.29, 0.717) is 24.3 Å². The van der Waals surface area contributed by atoms with Gasteiger partial charge in [-0.15, -0.1) is 0 Å². The Morgan fingerprint density at radius 2 is 1.54 bits per heavy atom. The number of sulfonamides is 1. The number of anilines is 1. The number of carbonyl (C=O) groups excluding carboxylic acids is 1. The molecule has 0 amide bonds. The summed E-state index contributed by atoms with van der Waals surface area (Å²) >= 11 is 0. The molecule has 10 heteroatoms. The second-order valence-corrected chi connectivity index (χ2v) is 6.20. The first-order valence-corrected chi connectivity index (χ1v) is 7.68. The van der Waals surface area contributed by atoms with Gasteiger partial charge >= 0.3 is 5.97 Å². The quantitative estimate of drug-likeness (QED) is 0.670. The highest BCUT2D eigenvalue weighted by Crippen LogP contribution is 2.24. The third kappa shape index (κ3) is 3.65. The first-order valence-electron chi connectivity index (χ1n) is 6.20. The van der Waals surface area contributed by atoms with Crippen LogP contribution in [0.2, 0.25) is 0 Å². The summed E-state index contributed by atoms with van der Waals surface area (Å²) in [6.07, 6.45) is 0. The van der Waals surface area contributed by atoms with Gasteiger partial charge in [-0.05, 0) is 18.2 Å². The van der Waals surface area contributed by atoms with E-state index in [4.69, 9.17) is 0 Å². The molecule has 0 aliphatic carbocycles. The summed E-state index contributed by atoms with van der Waals surface area (Å²) in [6, 6.07) is 2.31. The van der Waals surface area contributed by atoms with Crippen molar-refractivity contribution >= 4 is 21.7 Å². The van der Waals surface area contributed by atoms with Crippen molar-refractivity contribution in [2.75, 3.05) is 11.8 Å². The van der Waals surface area contributed by atoms with E-state index in [0.717, 1.165) is 7.11 Å². The van der Waals surface area contributed by atoms with Crippen LogP contribution in [-0.4, -0.2) is 21.5 Å². The number of hydrogen-bond donors (Lipinski definition) is 1. The largest absolute Gasteiger partial charge is 0.465 e. The third-order valence-electron chi connectivity index (χ3n) is 2.85. The Bertz CT molecular complexity index is 895. The Labute approximate surface area is 133 Å². The highest BCUT2D eigenvalue weighted by molar-refractivity contribution is 7.92. The Hall–Kier alpha value is -2.62. The van der Waals surface area contributed by atoms with E-state index in [-0.39, 0.29) is 6.07 Å². The van der Waals surface area contributed by atoms with Gasteiger partial charge in [0.05, 0.1) is 23.3 Å². The molecule has 0 fully saturated rings. The second-order valence-electron chi connectivity index (χ2n) is 4.51. The van der Waals surface area contributed by atoms with Gasteiger partial charge in [0, 0.05) is 12.1 Å². The molecule has 2 aromatic rings. The lowest BCUT2D eigenvalue weighted by Crippen LogP contribution is -2.16. The molecule has 2 rings (SSSR count). The van der Waals surface area contributed by atoms with Gasteiger partial charge in [0.1, 0.15) is 23.3 Å². The first-order chi connectivity index (χ1) is 11.1. The molecule has 0 aromatic heterocycles. The van der Waals surface area contributed by atoms with Gasteiger partial charge in [-0.1, -0.05) is 0 Å². The first kappa shape index (κ1) is 17.7. The van der Waals surface area contributed by atoms with Crippen LogP contribution >= 0.6 is 0 Å². The molecule has 0 atom stereocenters. The molecule has 0 heterocycles. The normalized spacial score (nSPS) is 11.2. The van der Waals surface area contributed by atoms with Gasteiger partial charge in [0.15, 0.2) is 0 Å². The lowest BCUT2D eigenvalue weighted by molar-refractivity contribution is 0.0595. The van der Waals surface area contributed by atoms with Crippen molar-refractivity contribution in [3.8, 4) is 0 Å². The smallest absolute Gasteiger partial charge is 0.340 e. The Morgan fingerprint density at radius 1 is 0.958 bits per heavy atom. The van der Waals surface area contributed by atoms with E-state index in [1.54, 1.807) is 4.72 Å². The molecule has 0 saturated carbocycles. The van der Waals surface area contributed by atoms with E-state index >= 15 is 0 Å². The zero-order chi connectivity index (χ0) is 18.1. The molecule has 0 aliphatic heterocycles. The fourth-order valence-corrected chi connectivity index (χ4v) is 2.88. The molecule has 2 aromatic carbocycles. The van der Waals surface area contributed by atoms with Crippen molar-refractivity contribution < 1.29 is 35.5 Å². The second kappa shape index (κ2) is 6.48. The zero-order valence-electron chi connectivity index (χ0n) is 11.9. The Balaban J connectivity index is 2.48. The van der Waals surface area contributed by atoms with Crippen LogP contribution in [0.3, 0.4) is 0 Å². The summed E-state index contributed by atoms with van der Waals surface area (Å²) in [7, 11) is -3.64. The van der Waals surface area contributed by atoms with Crippen LogP contribution in [0.4, 0.5) is 23.2 Å². The van der Waals surface area contributed by atoms with E-state index in [9.17, 15) is 30.8 Å². The minimum atomic E-state index is -4.59. The fourth-order valence-electron chi connectivity index (χ4n) is 1.78. The third-order valence-corrected chi connectivity index (χ3v) is 4.20. The molecule has 0 radical (unpaired) electrons. The molecule has 0 spiro atoms. The van der Waals surface area contributed by atoms with Crippen LogP contribution in [-0.2, 0) is 14.8 Å². The van der Waals surface area contributed by atoms with Gasteiger partial charge in [0.25, 0.3) is 10.0 Å². The minimum absolute atomic E-state index is 0.274. The van der Waals surface area contributed by atoms with Gasteiger partial charge < -0.3 is 4.74 Å². The molecule has 5 nitrogen and oxygen atoms in total. The number of carbonyl (C=O) groups is 1. The molecule has 0 aliphatic rings. The van der Waals surface area contributed by atoms with Crippen LogP contribution in [0.25, 0.3) is 0 Å². The average molecular weight is 363 g/mol. The number of esters is 1. The predicted octanol–water partition coefficient (Wildman–Crippen LogP) is 2.83. The molecular formula is C14H9F4NO4S. The van der Waals surface area contributed by atoms with Crippen molar-refractivity contribution in [3.63, 3.8) is 0 Å². The summed E-state index contributed by atoms with van der Waals surface area (Å²) < 4.78 is 83.6. The van der Waals surface area contributed by atoms with Crippen molar-refractivity contribution in [3.05, 3.63) is 59.2 Å². The molecule has 128 valence electrons. The number of ether oxygens (including phenoxy) is 1. The van der Waals surface area contributed by atoms with Gasteiger partial charge in [-0.2, -0.15) is 0 Å². The number of halogens is 4. The van der Waals surface area contributed by atoms with Gasteiger partial charge in [0.2, 0.25) is 0 Å². The highest BCUT2D eigenvalue weighted by Gasteiger charge is 2.22. The molecule has 0 bridgehead atoms. The fraction of sp³-hybridized carbons (Fsp3) is 0.0714. The zero-order valence-corrected chi connectivity index (χ0v) is 12.8. The van der Waals surface area contributed by atoms with Crippen LogP contribution < -0.4 is 4.72 Å². The van der Waals surface area contributed by atoms with Crippen LogP contribution in [0.15, 0.2) is 35.2 Å². The van der Waals surface area contributed by atoms with E-state index < -0.39 is 55.4 Å². The summed E-state index contributed by atoms with van der Waals surface area (Å²) in [5.41, 5.74) is -1.51. The standard InChI is InChI=1S/C14H9F4NO4S/c1-23-14(20)10-5-13(12(18)6-11(10)17)19-24(21,22)9-3-7(15)2-8(16)4-9/h2-6,19H,1H3. The molecular weight excluding hydrogens is 354 g/mol. The highest BCUT2D eigenvalue weighted by atomic mass is 32.2. The molecule has 0 unspecified atom stereocenters. The maximum atomic E-state index is 13.7. The molecule has 1 N–H and O–H groups in total. The number of methoxy groups -OCH3 is 1. The summed E-state index contributed by atoms with van der Waals surface area (Å²) in [5, 5.41) is 0. The number of hydrogen-bond acceptors (Lipinski definition) is 4. The molecule has 24 heavy (non-hydrogen) atoms. The van der Waals surface area contributed by atoms with E-state index in [1.165, 1.54) is 0 Å². The van der Waals surface area contributed by atoms with Crippen LogP contribution in [0.1, 0.15) is 10.4 Å². The maximum absolute atomic E-state index is 13.7. The number of rotatable bonds is 4. The summed E-state index contributed by atoms with van der Waals surface area (Å²) in [5.74, 6) is -6.08. The Morgan fingerprint density at radius 3 is 2.08 bits per heavy atom. The summed E-state index contributed by atoms with van der Waals surface area (Å²) in [6.45, 7) is 0. The number of nitrogens with one attached hydrogen (secondary N) is 1. The van der Waals surface area contributed by atoms with Gasteiger partial charge in [-0.3, -0.25) is 4.72 Å². The van der Waals surface area contributed by atoms with Crippen molar-refractivity contribution in [1.29, 1.82) is 0 Å². The van der Waals surface area contributed by atoms with Crippen LogP contribution in [0.5, 0.6) is 0 Å². The SMILES string of the molecule is COC(=O)c1cc(NS(=O)(=O)c2cc(F)cc(F)c2)c(F)cc1F. The van der Waals surface area contributed by atoms with Crippen molar-refractivity contribution in [1.82, 2.24) is 0 Å². The molecule has 0 saturated heterocycles. The lowest BCUT2D eigenvalue weighted by atomic mass is 10.2. The van der Waals surface area contributed by atoms with Crippen molar-refractivity contribution in [2.45, 2.75) is 4.90 Å². The topological polar surface area (TPSA) is 72.5 Å².